The predicted molar refractivity (Wildman–Crippen MR) is 145 cm³/mol. The zero-order valence-electron chi connectivity index (χ0n) is 21.5. The van der Waals surface area contributed by atoms with Crippen LogP contribution in [0.5, 0.6) is 5.75 Å². The number of aliphatic hydroxyl groups is 3. The number of fused-ring (bicyclic) bond motifs is 1. The van der Waals surface area contributed by atoms with E-state index < -0.39 is 43.2 Å². The van der Waals surface area contributed by atoms with Gasteiger partial charge in [0.05, 0.1) is 12.1 Å². The van der Waals surface area contributed by atoms with Crippen molar-refractivity contribution in [1.82, 2.24) is 15.3 Å². The molecule has 0 radical (unpaired) electrons. The fourth-order valence-corrected chi connectivity index (χ4v) is 4.49. The molecule has 1 aliphatic heterocycles. The average Bonchev–Trinajstić information content (AvgIpc) is 2.93. The van der Waals surface area contributed by atoms with E-state index in [-0.39, 0.29) is 0 Å². The van der Waals surface area contributed by atoms with Gasteiger partial charge in [0.1, 0.15) is 35.9 Å². The number of nitrogens with zero attached hydrogens (tertiary/aromatic N) is 2. The number of amides is 1. The summed E-state index contributed by atoms with van der Waals surface area (Å²) >= 11 is 0. The van der Waals surface area contributed by atoms with Gasteiger partial charge in [-0.1, -0.05) is 48.0 Å². The summed E-state index contributed by atoms with van der Waals surface area (Å²) in [4.78, 5) is 21.3. The fraction of sp³-hybridized carbons (Fsp3) is 0.276. The number of aliphatic hydroxyl groups excluding tert-OH is 3. The van der Waals surface area contributed by atoms with Crippen molar-refractivity contribution in [3.8, 4) is 17.1 Å². The number of ether oxygens (including phenoxy) is 2. The summed E-state index contributed by atoms with van der Waals surface area (Å²) in [6, 6.07) is 21.7. The van der Waals surface area contributed by atoms with Gasteiger partial charge in [0.25, 0.3) is 0 Å². The van der Waals surface area contributed by atoms with Crippen LogP contribution in [0.1, 0.15) is 12.5 Å². The number of aryl methyl sites for hydroxylation is 1. The van der Waals surface area contributed by atoms with Crippen molar-refractivity contribution in [3.05, 3.63) is 78.4 Å². The largest absolute Gasteiger partial charge is 0.462 e. The highest BCUT2D eigenvalue weighted by Gasteiger charge is 2.46. The minimum Gasteiger partial charge on any atom is -0.462 e. The summed E-state index contributed by atoms with van der Waals surface area (Å²) in [5, 5.41) is 37.2. The number of carbonyl (C=O) groups is 1. The third kappa shape index (κ3) is 5.84. The molecule has 0 saturated carbocycles. The van der Waals surface area contributed by atoms with Gasteiger partial charge in [-0.3, -0.25) is 4.79 Å². The van der Waals surface area contributed by atoms with E-state index in [1.807, 2.05) is 61.5 Å². The van der Waals surface area contributed by atoms with Crippen LogP contribution in [-0.2, 0) is 9.53 Å². The minimum absolute atomic E-state index is 0.373. The first-order valence-electron chi connectivity index (χ1n) is 12.6. The highest BCUT2D eigenvalue weighted by molar-refractivity contribution is 5.92. The molecule has 0 aliphatic carbocycles. The smallest absolute Gasteiger partial charge is 0.223 e. The van der Waals surface area contributed by atoms with Crippen LogP contribution in [0.15, 0.2) is 72.8 Å². The van der Waals surface area contributed by atoms with E-state index >= 15 is 0 Å². The number of para-hydroxylation sites is 1. The van der Waals surface area contributed by atoms with E-state index in [1.54, 1.807) is 18.2 Å². The number of nitrogens with one attached hydrogen (secondary N) is 2. The van der Waals surface area contributed by atoms with Crippen molar-refractivity contribution >= 4 is 28.3 Å². The number of benzene rings is 3. The Morgan fingerprint density at radius 3 is 2.51 bits per heavy atom. The SMILES string of the molecule is CC(=O)N[C@H]1[C@@H](Oc2cccc(Nc3nc(-c4ccc(C)cc4)nc4ccccc34)c2)O[C@H](CO)[C@H](O)[C@H]1O. The third-order valence-corrected chi connectivity index (χ3v) is 6.51. The van der Waals surface area contributed by atoms with Gasteiger partial charge in [0.15, 0.2) is 5.82 Å². The van der Waals surface area contributed by atoms with Gasteiger partial charge in [-0.25, -0.2) is 9.97 Å². The number of anilines is 2. The van der Waals surface area contributed by atoms with Gasteiger partial charge in [-0.15, -0.1) is 0 Å². The number of aromatic nitrogens is 2. The zero-order chi connectivity index (χ0) is 27.5. The lowest BCUT2D eigenvalue weighted by Crippen LogP contribution is -2.65. The molecule has 1 aromatic heterocycles. The quantitative estimate of drug-likeness (QED) is 0.243. The van der Waals surface area contributed by atoms with Gasteiger partial charge in [0, 0.05) is 29.6 Å². The molecule has 0 bridgehead atoms. The maximum absolute atomic E-state index is 11.7. The summed E-state index contributed by atoms with van der Waals surface area (Å²) in [6.45, 7) is 2.78. The molecule has 3 aromatic carbocycles. The molecule has 2 heterocycles. The Labute approximate surface area is 225 Å². The summed E-state index contributed by atoms with van der Waals surface area (Å²) in [6.07, 6.45) is -5.04. The van der Waals surface area contributed by atoms with E-state index in [0.717, 1.165) is 22.0 Å². The molecular weight excluding hydrogens is 500 g/mol. The maximum Gasteiger partial charge on any atom is 0.223 e. The second-order valence-electron chi connectivity index (χ2n) is 9.48. The van der Waals surface area contributed by atoms with Gasteiger partial charge >= 0.3 is 0 Å². The first-order valence-corrected chi connectivity index (χ1v) is 12.6. The number of hydrogen-bond acceptors (Lipinski definition) is 9. The van der Waals surface area contributed by atoms with Crippen LogP contribution in [0.4, 0.5) is 11.5 Å². The van der Waals surface area contributed by atoms with E-state index in [4.69, 9.17) is 19.4 Å². The minimum atomic E-state index is -1.40. The molecule has 5 atom stereocenters. The van der Waals surface area contributed by atoms with E-state index in [9.17, 15) is 20.1 Å². The summed E-state index contributed by atoms with van der Waals surface area (Å²) in [5.74, 6) is 1.14. The van der Waals surface area contributed by atoms with Crippen LogP contribution < -0.4 is 15.4 Å². The lowest BCUT2D eigenvalue weighted by molar-refractivity contribution is -0.244. The molecule has 202 valence electrons. The van der Waals surface area contributed by atoms with Crippen molar-refractivity contribution in [2.45, 2.75) is 44.5 Å². The summed E-state index contributed by atoms with van der Waals surface area (Å²) in [7, 11) is 0. The predicted octanol–water partition coefficient (Wildman–Crippen LogP) is 2.67. The highest BCUT2D eigenvalue weighted by atomic mass is 16.7. The van der Waals surface area contributed by atoms with E-state index in [1.165, 1.54) is 6.92 Å². The Morgan fingerprint density at radius 2 is 1.77 bits per heavy atom. The maximum atomic E-state index is 11.7. The van der Waals surface area contributed by atoms with Gasteiger partial charge in [-0.05, 0) is 31.2 Å². The van der Waals surface area contributed by atoms with Crippen molar-refractivity contribution < 1.29 is 29.6 Å². The monoisotopic (exact) mass is 530 g/mol. The van der Waals surface area contributed by atoms with Crippen LogP contribution in [0.3, 0.4) is 0 Å². The molecule has 1 saturated heterocycles. The standard InChI is InChI=1S/C29H30N4O6/c1-16-10-12-18(13-11-16)27-32-22-9-4-3-8-21(22)28(33-27)31-19-6-5-7-20(14-19)38-29-24(30-17(2)35)26(37)25(36)23(15-34)39-29/h3-14,23-26,29,34,36-37H,15H2,1-2H3,(H,30,35)(H,31,32,33)/t23-,24-,25+,26+,29+/m1/s1. The number of rotatable bonds is 7. The molecule has 1 aliphatic rings. The molecular formula is C29H30N4O6. The van der Waals surface area contributed by atoms with Gasteiger partial charge < -0.3 is 35.4 Å². The average molecular weight is 531 g/mol. The van der Waals surface area contributed by atoms with E-state index in [2.05, 4.69) is 10.6 Å². The van der Waals surface area contributed by atoms with Crippen LogP contribution in [0.2, 0.25) is 0 Å². The van der Waals surface area contributed by atoms with Gasteiger partial charge in [0.2, 0.25) is 12.2 Å². The molecule has 4 aromatic rings. The highest BCUT2D eigenvalue weighted by Crippen LogP contribution is 2.30. The Kier molecular flexibility index (Phi) is 7.71. The van der Waals surface area contributed by atoms with Crippen molar-refractivity contribution in [3.63, 3.8) is 0 Å². The first kappa shape index (κ1) is 26.5. The fourth-order valence-electron chi connectivity index (χ4n) is 4.49. The summed E-state index contributed by atoms with van der Waals surface area (Å²) < 4.78 is 11.7. The van der Waals surface area contributed by atoms with Crippen LogP contribution >= 0.6 is 0 Å². The van der Waals surface area contributed by atoms with Crippen molar-refractivity contribution in [2.24, 2.45) is 0 Å². The summed E-state index contributed by atoms with van der Waals surface area (Å²) in [5.41, 5.74) is 3.49. The molecule has 10 nitrogen and oxygen atoms in total. The van der Waals surface area contributed by atoms with Crippen LogP contribution in [0, 0.1) is 6.92 Å². The van der Waals surface area contributed by atoms with Gasteiger partial charge in [-0.2, -0.15) is 0 Å². The van der Waals surface area contributed by atoms with Crippen LogP contribution in [0.25, 0.3) is 22.3 Å². The Hall–Kier alpha value is -4.09. The Bertz CT molecular complexity index is 1460. The third-order valence-electron chi connectivity index (χ3n) is 6.51. The first-order chi connectivity index (χ1) is 18.8. The normalized spacial score (nSPS) is 22.8. The number of carbonyl (C=O) groups excluding carboxylic acids is 1. The molecule has 1 amide bonds. The Morgan fingerprint density at radius 1 is 1.00 bits per heavy atom. The molecule has 5 N–H and O–H groups in total. The van der Waals surface area contributed by atoms with Crippen molar-refractivity contribution in [1.29, 1.82) is 0 Å². The lowest BCUT2D eigenvalue weighted by Gasteiger charge is -2.42. The topological polar surface area (TPSA) is 146 Å². The molecule has 5 rings (SSSR count). The van der Waals surface area contributed by atoms with E-state index in [0.29, 0.717) is 23.1 Å². The molecule has 39 heavy (non-hydrogen) atoms. The van der Waals surface area contributed by atoms with Crippen molar-refractivity contribution in [2.75, 3.05) is 11.9 Å². The molecule has 10 heteroatoms. The second-order valence-corrected chi connectivity index (χ2v) is 9.48. The molecule has 0 spiro atoms. The molecule has 0 unspecified atom stereocenters. The Balaban J connectivity index is 1.43. The molecule has 1 fully saturated rings. The second kappa shape index (κ2) is 11.3. The van der Waals surface area contributed by atoms with Crippen LogP contribution in [-0.4, -0.2) is 68.4 Å². The zero-order valence-corrected chi connectivity index (χ0v) is 21.5. The number of hydrogen-bond donors (Lipinski definition) is 5. The lowest BCUT2D eigenvalue weighted by atomic mass is 9.97.